The minimum absolute atomic E-state index is 0.0163. The van der Waals surface area contributed by atoms with Gasteiger partial charge in [-0.15, -0.1) is 0 Å². The van der Waals surface area contributed by atoms with E-state index in [0.717, 1.165) is 19.3 Å². The third-order valence-corrected chi connectivity index (χ3v) is 5.39. The normalized spacial score (nSPS) is 21.2. The smallest absolute Gasteiger partial charge is 0.238 e. The monoisotopic (exact) mass is 310 g/mol. The van der Waals surface area contributed by atoms with E-state index in [2.05, 4.69) is 19.2 Å². The number of amides is 1. The highest BCUT2D eigenvalue weighted by Gasteiger charge is 2.39. The van der Waals surface area contributed by atoms with Crippen LogP contribution in [0.4, 0.5) is 5.69 Å². The van der Waals surface area contributed by atoms with E-state index < -0.39 is 10.0 Å². The van der Waals surface area contributed by atoms with Crippen LogP contribution in [0.15, 0.2) is 23.1 Å². The summed E-state index contributed by atoms with van der Waals surface area (Å²) < 4.78 is 23.0. The molecule has 1 amide bonds. The average molecular weight is 310 g/mol. The van der Waals surface area contributed by atoms with E-state index >= 15 is 0 Å². The van der Waals surface area contributed by atoms with Crippen LogP contribution in [0.1, 0.15) is 38.7 Å². The van der Waals surface area contributed by atoms with Gasteiger partial charge in [-0.3, -0.25) is 4.79 Å². The molecule has 6 heteroatoms. The second-order valence-electron chi connectivity index (χ2n) is 6.45. The molecule has 1 aliphatic carbocycles. The van der Waals surface area contributed by atoms with Crippen molar-refractivity contribution in [3.05, 3.63) is 23.8 Å². The van der Waals surface area contributed by atoms with Crippen molar-refractivity contribution in [2.24, 2.45) is 16.5 Å². The SMILES string of the molecule is Cc1ccc(NC(=O)C2CCCC2(C)C)cc1S(N)(=O)=O. The number of anilines is 1. The van der Waals surface area contributed by atoms with Crippen LogP contribution in [0, 0.1) is 18.3 Å². The van der Waals surface area contributed by atoms with E-state index in [9.17, 15) is 13.2 Å². The fraction of sp³-hybridized carbons (Fsp3) is 0.533. The first kappa shape index (κ1) is 16.0. The van der Waals surface area contributed by atoms with Crippen molar-refractivity contribution < 1.29 is 13.2 Å². The number of nitrogens with two attached hydrogens (primary N) is 1. The van der Waals surface area contributed by atoms with E-state index in [1.54, 1.807) is 19.1 Å². The van der Waals surface area contributed by atoms with Gasteiger partial charge in [-0.25, -0.2) is 13.6 Å². The van der Waals surface area contributed by atoms with Crippen LogP contribution in [-0.4, -0.2) is 14.3 Å². The lowest BCUT2D eigenvalue weighted by Crippen LogP contribution is -2.30. The second kappa shape index (κ2) is 5.42. The van der Waals surface area contributed by atoms with Gasteiger partial charge in [0.05, 0.1) is 4.90 Å². The summed E-state index contributed by atoms with van der Waals surface area (Å²) in [6, 6.07) is 4.77. The molecule has 1 aromatic rings. The van der Waals surface area contributed by atoms with Crippen molar-refractivity contribution in [1.82, 2.24) is 0 Å². The quantitative estimate of drug-likeness (QED) is 0.898. The molecule has 1 unspecified atom stereocenters. The van der Waals surface area contributed by atoms with E-state index in [4.69, 9.17) is 5.14 Å². The molecule has 0 saturated heterocycles. The van der Waals surface area contributed by atoms with Crippen molar-refractivity contribution >= 4 is 21.6 Å². The van der Waals surface area contributed by atoms with Crippen LogP contribution >= 0.6 is 0 Å². The van der Waals surface area contributed by atoms with E-state index in [1.807, 2.05) is 0 Å². The van der Waals surface area contributed by atoms with Crippen molar-refractivity contribution in [3.8, 4) is 0 Å². The Kier molecular flexibility index (Phi) is 4.13. The van der Waals surface area contributed by atoms with Crippen LogP contribution in [0.25, 0.3) is 0 Å². The Hall–Kier alpha value is -1.40. The molecule has 116 valence electrons. The predicted molar refractivity (Wildman–Crippen MR) is 82.3 cm³/mol. The van der Waals surface area contributed by atoms with Crippen LogP contribution in [-0.2, 0) is 14.8 Å². The highest BCUT2D eigenvalue weighted by molar-refractivity contribution is 7.89. The van der Waals surface area contributed by atoms with E-state index in [0.29, 0.717) is 11.3 Å². The molecule has 0 radical (unpaired) electrons. The van der Waals surface area contributed by atoms with E-state index in [1.165, 1.54) is 6.07 Å². The Labute approximate surface area is 126 Å². The minimum Gasteiger partial charge on any atom is -0.326 e. The maximum Gasteiger partial charge on any atom is 0.238 e. The zero-order chi connectivity index (χ0) is 15.8. The highest BCUT2D eigenvalue weighted by atomic mass is 32.2. The Bertz CT molecular complexity index is 665. The summed E-state index contributed by atoms with van der Waals surface area (Å²) in [6.07, 6.45) is 2.94. The number of nitrogens with one attached hydrogen (secondary N) is 1. The summed E-state index contributed by atoms with van der Waals surface area (Å²) in [5.74, 6) is -0.0986. The number of primary sulfonamides is 1. The Morgan fingerprint density at radius 1 is 1.38 bits per heavy atom. The van der Waals surface area contributed by atoms with Gasteiger partial charge in [0.1, 0.15) is 0 Å². The molecule has 0 spiro atoms. The fourth-order valence-corrected chi connectivity index (χ4v) is 3.83. The first-order valence-electron chi connectivity index (χ1n) is 7.05. The van der Waals surface area contributed by atoms with Crippen LogP contribution < -0.4 is 10.5 Å². The van der Waals surface area contributed by atoms with Crippen molar-refractivity contribution in [1.29, 1.82) is 0 Å². The number of carbonyl (C=O) groups is 1. The van der Waals surface area contributed by atoms with Crippen LogP contribution in [0.2, 0.25) is 0 Å². The summed E-state index contributed by atoms with van der Waals surface area (Å²) in [7, 11) is -3.78. The maximum absolute atomic E-state index is 12.4. The molecule has 21 heavy (non-hydrogen) atoms. The molecule has 1 aromatic carbocycles. The Morgan fingerprint density at radius 3 is 2.57 bits per heavy atom. The first-order valence-corrected chi connectivity index (χ1v) is 8.60. The Balaban J connectivity index is 2.23. The molecule has 0 heterocycles. The highest BCUT2D eigenvalue weighted by Crippen LogP contribution is 2.43. The topological polar surface area (TPSA) is 89.3 Å². The lowest BCUT2D eigenvalue weighted by molar-refractivity contribution is -0.122. The summed E-state index contributed by atoms with van der Waals surface area (Å²) in [5, 5.41) is 8.00. The molecule has 1 aliphatic rings. The molecular formula is C15H22N2O3S. The lowest BCUT2D eigenvalue weighted by atomic mass is 9.81. The second-order valence-corrected chi connectivity index (χ2v) is 7.98. The number of benzene rings is 1. The molecule has 0 aromatic heterocycles. The van der Waals surface area contributed by atoms with Crippen LogP contribution in [0.3, 0.4) is 0 Å². The van der Waals surface area contributed by atoms with Gasteiger partial charge < -0.3 is 5.32 Å². The third kappa shape index (κ3) is 3.44. The van der Waals surface area contributed by atoms with Gasteiger partial charge in [-0.05, 0) is 42.9 Å². The number of hydrogen-bond donors (Lipinski definition) is 2. The number of carbonyl (C=O) groups excluding carboxylic acids is 1. The summed E-state index contributed by atoms with van der Waals surface area (Å²) >= 11 is 0. The Morgan fingerprint density at radius 2 is 2.05 bits per heavy atom. The molecule has 1 saturated carbocycles. The average Bonchev–Trinajstić information content (AvgIpc) is 2.70. The van der Waals surface area contributed by atoms with Crippen molar-refractivity contribution in [2.75, 3.05) is 5.32 Å². The maximum atomic E-state index is 12.4. The molecule has 5 nitrogen and oxygen atoms in total. The van der Waals surface area contributed by atoms with Gasteiger partial charge in [0.25, 0.3) is 0 Å². The predicted octanol–water partition coefficient (Wildman–Crippen LogP) is 2.41. The summed E-state index contributed by atoms with van der Waals surface area (Å²) in [4.78, 5) is 12.4. The number of rotatable bonds is 3. The number of hydrogen-bond acceptors (Lipinski definition) is 3. The van der Waals surface area contributed by atoms with Gasteiger partial charge in [-0.2, -0.15) is 0 Å². The van der Waals surface area contributed by atoms with Crippen molar-refractivity contribution in [3.63, 3.8) is 0 Å². The van der Waals surface area contributed by atoms with E-state index in [-0.39, 0.29) is 22.1 Å². The largest absolute Gasteiger partial charge is 0.326 e. The summed E-state index contributed by atoms with van der Waals surface area (Å²) in [6.45, 7) is 5.86. The lowest BCUT2D eigenvalue weighted by Gasteiger charge is -2.26. The van der Waals surface area contributed by atoms with Gasteiger partial charge in [-0.1, -0.05) is 26.3 Å². The zero-order valence-electron chi connectivity index (χ0n) is 12.6. The minimum atomic E-state index is -3.78. The van der Waals surface area contributed by atoms with Crippen LogP contribution in [0.5, 0.6) is 0 Å². The van der Waals surface area contributed by atoms with Gasteiger partial charge >= 0.3 is 0 Å². The van der Waals surface area contributed by atoms with Gasteiger partial charge in [0.2, 0.25) is 15.9 Å². The molecular weight excluding hydrogens is 288 g/mol. The molecule has 2 rings (SSSR count). The molecule has 0 aliphatic heterocycles. The summed E-state index contributed by atoms with van der Waals surface area (Å²) in [5.41, 5.74) is 1.02. The standard InChI is InChI=1S/C15H22N2O3S/c1-10-6-7-11(9-13(10)21(16,19)20)17-14(18)12-5-4-8-15(12,2)3/h6-7,9,12H,4-5,8H2,1-3H3,(H,17,18)(H2,16,19,20). The molecule has 3 N–H and O–H groups in total. The zero-order valence-corrected chi connectivity index (χ0v) is 13.5. The fourth-order valence-electron chi connectivity index (χ4n) is 3.03. The third-order valence-electron chi connectivity index (χ3n) is 4.34. The molecule has 1 atom stereocenters. The first-order chi connectivity index (χ1) is 9.61. The van der Waals surface area contributed by atoms with Crippen molar-refractivity contribution in [2.45, 2.75) is 44.9 Å². The number of sulfonamides is 1. The number of aryl methyl sites for hydroxylation is 1. The molecule has 1 fully saturated rings. The molecule has 0 bridgehead atoms. The van der Waals surface area contributed by atoms with Gasteiger partial charge in [0, 0.05) is 11.6 Å². The van der Waals surface area contributed by atoms with Gasteiger partial charge in [0.15, 0.2) is 0 Å².